The lowest BCUT2D eigenvalue weighted by molar-refractivity contribution is -0.114. The van der Waals surface area contributed by atoms with E-state index in [2.05, 4.69) is 31.9 Å². The number of amides is 2. The number of carbonyl (C=O) groups is 2. The first-order valence-electron chi connectivity index (χ1n) is 7.64. The van der Waals surface area contributed by atoms with Gasteiger partial charge in [-0.15, -0.1) is 0 Å². The molecule has 0 aliphatic carbocycles. The topological polar surface area (TPSA) is 70.2 Å². The van der Waals surface area contributed by atoms with E-state index >= 15 is 0 Å². The minimum Gasteiger partial charge on any atom is -0.376 e. The Labute approximate surface area is 150 Å². The number of benzene rings is 2. The van der Waals surface area contributed by atoms with Gasteiger partial charge >= 0.3 is 0 Å². The molecule has 0 saturated heterocycles. The predicted octanol–water partition coefficient (Wildman–Crippen LogP) is 3.64. The highest BCUT2D eigenvalue weighted by atomic mass is 79.9. The molecule has 0 atom stereocenters. The second kappa shape index (κ2) is 8.49. The molecule has 0 saturated carbocycles. The molecule has 2 aromatic carbocycles. The fraction of sp³-hybridized carbons (Fsp3) is 0.222. The SMILES string of the molecule is CC(C)NC(=O)c1cccc(NCC(=O)Nc2cccc(Br)c2)c1. The molecule has 0 unspecified atom stereocenters. The zero-order chi connectivity index (χ0) is 17.5. The summed E-state index contributed by atoms with van der Waals surface area (Å²) in [4.78, 5) is 24.0. The van der Waals surface area contributed by atoms with Gasteiger partial charge in [-0.2, -0.15) is 0 Å². The third-order valence-corrected chi connectivity index (χ3v) is 3.60. The van der Waals surface area contributed by atoms with Crippen molar-refractivity contribution in [3.05, 3.63) is 58.6 Å². The highest BCUT2D eigenvalue weighted by Gasteiger charge is 2.08. The van der Waals surface area contributed by atoms with Gasteiger partial charge in [-0.1, -0.05) is 28.1 Å². The van der Waals surface area contributed by atoms with E-state index < -0.39 is 0 Å². The Morgan fingerprint density at radius 2 is 1.75 bits per heavy atom. The summed E-state index contributed by atoms with van der Waals surface area (Å²) in [5.74, 6) is -0.294. The molecule has 0 spiro atoms. The van der Waals surface area contributed by atoms with Gasteiger partial charge in [-0.05, 0) is 50.2 Å². The van der Waals surface area contributed by atoms with E-state index in [0.717, 1.165) is 15.8 Å². The van der Waals surface area contributed by atoms with Crippen LogP contribution in [-0.4, -0.2) is 24.4 Å². The Bertz CT molecular complexity index is 732. The zero-order valence-electron chi connectivity index (χ0n) is 13.6. The smallest absolute Gasteiger partial charge is 0.251 e. The fourth-order valence-corrected chi connectivity index (χ4v) is 2.47. The second-order valence-corrected chi connectivity index (χ2v) is 6.54. The molecular formula is C18H20BrN3O2. The molecule has 6 heteroatoms. The minimum atomic E-state index is -0.162. The zero-order valence-corrected chi connectivity index (χ0v) is 15.2. The van der Waals surface area contributed by atoms with Gasteiger partial charge in [-0.3, -0.25) is 9.59 Å². The standard InChI is InChI=1S/C18H20BrN3O2/c1-12(2)21-18(24)13-5-3-7-15(9-13)20-11-17(23)22-16-8-4-6-14(19)10-16/h3-10,12,20H,11H2,1-2H3,(H,21,24)(H,22,23). The van der Waals surface area contributed by atoms with Gasteiger partial charge < -0.3 is 16.0 Å². The molecule has 0 fully saturated rings. The van der Waals surface area contributed by atoms with Crippen LogP contribution in [0, 0.1) is 0 Å². The molecule has 3 N–H and O–H groups in total. The van der Waals surface area contributed by atoms with Crippen LogP contribution in [0.1, 0.15) is 24.2 Å². The van der Waals surface area contributed by atoms with E-state index in [4.69, 9.17) is 0 Å². The molecule has 0 aromatic heterocycles. The maximum atomic E-state index is 12.0. The summed E-state index contributed by atoms with van der Waals surface area (Å²) in [6.45, 7) is 3.93. The summed E-state index contributed by atoms with van der Waals surface area (Å²) in [6.07, 6.45) is 0. The van der Waals surface area contributed by atoms with E-state index in [1.165, 1.54) is 0 Å². The van der Waals surface area contributed by atoms with Crippen molar-refractivity contribution in [2.75, 3.05) is 17.2 Å². The molecule has 24 heavy (non-hydrogen) atoms. The molecule has 2 aromatic rings. The monoisotopic (exact) mass is 389 g/mol. The van der Waals surface area contributed by atoms with E-state index in [9.17, 15) is 9.59 Å². The Hall–Kier alpha value is -2.34. The van der Waals surface area contributed by atoms with Crippen LogP contribution in [0.5, 0.6) is 0 Å². The number of hydrogen-bond donors (Lipinski definition) is 3. The van der Waals surface area contributed by atoms with Gasteiger partial charge in [-0.25, -0.2) is 0 Å². The van der Waals surface area contributed by atoms with Gasteiger partial charge in [0, 0.05) is 27.5 Å². The summed E-state index contributed by atoms with van der Waals surface area (Å²) >= 11 is 3.36. The molecule has 0 radical (unpaired) electrons. The number of hydrogen-bond acceptors (Lipinski definition) is 3. The van der Waals surface area contributed by atoms with E-state index in [-0.39, 0.29) is 24.4 Å². The average molecular weight is 390 g/mol. The van der Waals surface area contributed by atoms with Crippen LogP contribution in [0.25, 0.3) is 0 Å². The minimum absolute atomic E-state index is 0.0742. The van der Waals surface area contributed by atoms with Crippen molar-refractivity contribution < 1.29 is 9.59 Å². The van der Waals surface area contributed by atoms with Gasteiger partial charge in [0.1, 0.15) is 0 Å². The number of nitrogens with one attached hydrogen (secondary N) is 3. The third-order valence-electron chi connectivity index (χ3n) is 3.11. The van der Waals surface area contributed by atoms with Crippen LogP contribution < -0.4 is 16.0 Å². The Kier molecular flexibility index (Phi) is 6.37. The number of halogens is 1. The Morgan fingerprint density at radius 3 is 2.46 bits per heavy atom. The van der Waals surface area contributed by atoms with Crippen molar-refractivity contribution in [3.8, 4) is 0 Å². The molecule has 0 bridgehead atoms. The van der Waals surface area contributed by atoms with Gasteiger partial charge in [0.15, 0.2) is 0 Å². The van der Waals surface area contributed by atoms with E-state index in [1.807, 2.05) is 44.2 Å². The molecule has 0 aliphatic rings. The first-order valence-corrected chi connectivity index (χ1v) is 8.43. The largest absolute Gasteiger partial charge is 0.376 e. The van der Waals surface area contributed by atoms with Gasteiger partial charge in [0.05, 0.1) is 6.54 Å². The maximum Gasteiger partial charge on any atom is 0.251 e. The summed E-state index contributed by atoms with van der Waals surface area (Å²) in [6, 6.07) is 14.5. The maximum absolute atomic E-state index is 12.0. The molecule has 0 heterocycles. The van der Waals surface area contributed by atoms with Crippen molar-refractivity contribution in [2.45, 2.75) is 19.9 Å². The van der Waals surface area contributed by atoms with E-state index in [1.54, 1.807) is 18.2 Å². The molecule has 2 rings (SSSR count). The Balaban J connectivity index is 1.92. The highest BCUT2D eigenvalue weighted by Crippen LogP contribution is 2.15. The van der Waals surface area contributed by atoms with Gasteiger partial charge in [0.25, 0.3) is 5.91 Å². The van der Waals surface area contributed by atoms with E-state index in [0.29, 0.717) is 5.56 Å². The normalized spacial score (nSPS) is 10.3. The van der Waals surface area contributed by atoms with Crippen molar-refractivity contribution in [3.63, 3.8) is 0 Å². The van der Waals surface area contributed by atoms with Crippen LogP contribution in [0.3, 0.4) is 0 Å². The molecule has 126 valence electrons. The summed E-state index contributed by atoms with van der Waals surface area (Å²) in [5, 5.41) is 8.67. The molecular weight excluding hydrogens is 370 g/mol. The first kappa shape index (κ1) is 18.0. The van der Waals surface area contributed by atoms with Gasteiger partial charge in [0.2, 0.25) is 5.91 Å². The lowest BCUT2D eigenvalue weighted by atomic mass is 10.1. The predicted molar refractivity (Wildman–Crippen MR) is 100 cm³/mol. The summed E-state index contributed by atoms with van der Waals surface area (Å²) in [5.41, 5.74) is 2.00. The molecule has 2 amide bonds. The highest BCUT2D eigenvalue weighted by molar-refractivity contribution is 9.10. The summed E-state index contributed by atoms with van der Waals surface area (Å²) in [7, 11) is 0. The quantitative estimate of drug-likeness (QED) is 0.706. The van der Waals surface area contributed by atoms with Crippen LogP contribution in [-0.2, 0) is 4.79 Å². The number of carbonyl (C=O) groups excluding carboxylic acids is 2. The van der Waals surface area contributed by atoms with Crippen molar-refractivity contribution >= 4 is 39.1 Å². The number of rotatable bonds is 6. The van der Waals surface area contributed by atoms with Crippen LogP contribution >= 0.6 is 15.9 Å². The van der Waals surface area contributed by atoms with Crippen molar-refractivity contribution in [2.24, 2.45) is 0 Å². The lowest BCUT2D eigenvalue weighted by Crippen LogP contribution is -2.30. The number of anilines is 2. The van der Waals surface area contributed by atoms with Crippen molar-refractivity contribution in [1.82, 2.24) is 5.32 Å². The van der Waals surface area contributed by atoms with Crippen LogP contribution in [0.15, 0.2) is 53.0 Å². The molecule has 0 aliphatic heterocycles. The Morgan fingerprint density at radius 1 is 1.04 bits per heavy atom. The summed E-state index contributed by atoms with van der Waals surface area (Å²) < 4.78 is 0.900. The van der Waals surface area contributed by atoms with Crippen LogP contribution in [0.4, 0.5) is 11.4 Å². The third kappa shape index (κ3) is 5.70. The first-order chi connectivity index (χ1) is 11.4. The van der Waals surface area contributed by atoms with Crippen LogP contribution in [0.2, 0.25) is 0 Å². The fourth-order valence-electron chi connectivity index (χ4n) is 2.07. The lowest BCUT2D eigenvalue weighted by Gasteiger charge is -2.11. The molecule has 5 nitrogen and oxygen atoms in total. The van der Waals surface area contributed by atoms with Crippen molar-refractivity contribution in [1.29, 1.82) is 0 Å². The average Bonchev–Trinajstić information content (AvgIpc) is 2.52. The second-order valence-electron chi connectivity index (χ2n) is 5.62.